The van der Waals surface area contributed by atoms with Crippen LogP contribution in [0.5, 0.6) is 0 Å². The number of hydrogen-bond donors (Lipinski definition) is 0. The molecule has 77 heavy (non-hydrogen) atoms. The van der Waals surface area contributed by atoms with Gasteiger partial charge in [-0.2, -0.15) is 0 Å². The molecule has 0 aliphatic rings. The van der Waals surface area contributed by atoms with Crippen LogP contribution in [0.15, 0.2) is 122 Å². The van der Waals surface area contributed by atoms with E-state index in [0.29, 0.717) is 19.3 Å². The van der Waals surface area contributed by atoms with Crippen LogP contribution in [0.2, 0.25) is 0 Å². The van der Waals surface area contributed by atoms with Gasteiger partial charge >= 0.3 is 17.9 Å². The van der Waals surface area contributed by atoms with E-state index in [2.05, 4.69) is 142 Å². The van der Waals surface area contributed by atoms with Crippen LogP contribution in [0.25, 0.3) is 0 Å². The summed E-state index contributed by atoms with van der Waals surface area (Å²) < 4.78 is 16.9. The lowest BCUT2D eigenvalue weighted by Crippen LogP contribution is -2.30. The number of ether oxygens (including phenoxy) is 3. The number of carbonyl (C=O) groups excluding carboxylic acids is 3. The molecule has 0 fully saturated rings. The smallest absolute Gasteiger partial charge is 0.306 e. The van der Waals surface area contributed by atoms with Gasteiger partial charge in [-0.15, -0.1) is 0 Å². The Balaban J connectivity index is 4.41. The van der Waals surface area contributed by atoms with Crippen molar-refractivity contribution in [2.75, 3.05) is 13.2 Å². The van der Waals surface area contributed by atoms with Crippen molar-refractivity contribution in [1.29, 1.82) is 0 Å². The molecule has 0 aromatic rings. The first kappa shape index (κ1) is 72.8. The minimum absolute atomic E-state index is 0.0936. The fourth-order valence-corrected chi connectivity index (χ4v) is 8.62. The zero-order valence-corrected chi connectivity index (χ0v) is 50.2. The van der Waals surface area contributed by atoms with Crippen LogP contribution in [0.4, 0.5) is 0 Å². The van der Waals surface area contributed by atoms with Gasteiger partial charge in [0, 0.05) is 19.3 Å². The van der Waals surface area contributed by atoms with Crippen molar-refractivity contribution < 1.29 is 28.6 Å². The maximum Gasteiger partial charge on any atom is 0.306 e. The maximum absolute atomic E-state index is 12.9. The number of unbranched alkanes of at least 4 members (excludes halogenated alkanes) is 26. The predicted molar refractivity (Wildman–Crippen MR) is 334 cm³/mol. The summed E-state index contributed by atoms with van der Waals surface area (Å²) in [6, 6.07) is 0. The molecule has 0 aliphatic carbocycles. The molecule has 0 aromatic heterocycles. The molecule has 0 N–H and O–H groups in total. The second-order valence-electron chi connectivity index (χ2n) is 20.9. The second kappa shape index (κ2) is 64.3. The van der Waals surface area contributed by atoms with Crippen molar-refractivity contribution in [3.05, 3.63) is 122 Å². The normalized spacial score (nSPS) is 12.9. The lowest BCUT2D eigenvalue weighted by Gasteiger charge is -2.18. The molecule has 0 aliphatic heterocycles. The number of carbonyl (C=O) groups is 3. The van der Waals surface area contributed by atoms with Gasteiger partial charge in [-0.3, -0.25) is 14.4 Å². The lowest BCUT2D eigenvalue weighted by molar-refractivity contribution is -0.167. The van der Waals surface area contributed by atoms with Crippen LogP contribution < -0.4 is 0 Å². The van der Waals surface area contributed by atoms with Gasteiger partial charge in [0.1, 0.15) is 13.2 Å². The highest BCUT2D eigenvalue weighted by Crippen LogP contribution is 2.15. The SMILES string of the molecule is CC/C=C\C/C=C\C/C=C\C/C=C\C/C=C\C/C=C\C/C=C\CCCCCCCC(=O)OCC(COC(=O)CCCCCCC/C=C\CCCCCCC)OC(=O)CCCCCCCCC/C=C\C/C=C\CCCCCC. The summed E-state index contributed by atoms with van der Waals surface area (Å²) in [6.07, 6.45) is 89.1. The van der Waals surface area contributed by atoms with Crippen LogP contribution in [-0.4, -0.2) is 37.2 Å². The quantitative estimate of drug-likeness (QED) is 0.0261. The average molecular weight is 1070 g/mol. The Bertz CT molecular complexity index is 1600. The topological polar surface area (TPSA) is 78.9 Å². The number of esters is 3. The summed E-state index contributed by atoms with van der Waals surface area (Å²) in [7, 11) is 0. The van der Waals surface area contributed by atoms with E-state index in [4.69, 9.17) is 14.2 Å². The van der Waals surface area contributed by atoms with E-state index < -0.39 is 6.10 Å². The summed E-state index contributed by atoms with van der Waals surface area (Å²) in [5.74, 6) is -0.925. The van der Waals surface area contributed by atoms with Crippen molar-refractivity contribution in [3.8, 4) is 0 Å². The average Bonchev–Trinajstić information content (AvgIpc) is 3.43. The van der Waals surface area contributed by atoms with Gasteiger partial charge in [0.15, 0.2) is 6.10 Å². The third kappa shape index (κ3) is 62.5. The standard InChI is InChI=1S/C71H118O6/c1-4-7-10-13-16-19-22-25-28-30-32-33-34-35-36-37-38-39-40-42-43-46-49-52-55-58-61-64-70(73)76-67-68(66-75-69(72)63-60-57-54-51-48-45-27-24-21-18-15-12-9-6-3)77-71(74)65-62-59-56-53-50-47-44-41-31-29-26-23-20-17-14-11-8-5-2/h7,10,16,19-20,23-25,27-29,31-33,35-36,38-39,42-43,68H,4-6,8-9,11-15,17-18,21-22,26,30,34,37,40-41,44-67H2,1-3H3/b10-7-,19-16-,23-20-,27-24-,28-25-,31-29-,33-32-,36-35-,39-38-,43-42-. The zero-order valence-electron chi connectivity index (χ0n) is 50.2. The third-order valence-electron chi connectivity index (χ3n) is 13.4. The Morgan fingerprint density at radius 3 is 0.818 bits per heavy atom. The minimum atomic E-state index is -0.798. The first-order valence-electron chi connectivity index (χ1n) is 32.0. The van der Waals surface area contributed by atoms with Crippen molar-refractivity contribution in [2.24, 2.45) is 0 Å². The van der Waals surface area contributed by atoms with E-state index in [0.717, 1.165) is 141 Å². The van der Waals surface area contributed by atoms with E-state index in [1.165, 1.54) is 109 Å². The van der Waals surface area contributed by atoms with Crippen LogP contribution in [-0.2, 0) is 28.6 Å². The highest BCUT2D eigenvalue weighted by atomic mass is 16.6. The van der Waals surface area contributed by atoms with Crippen LogP contribution in [0, 0.1) is 0 Å². The molecular weight excluding hydrogens is 949 g/mol. The van der Waals surface area contributed by atoms with Gasteiger partial charge in [0.2, 0.25) is 0 Å². The molecule has 0 spiro atoms. The molecule has 438 valence electrons. The van der Waals surface area contributed by atoms with Gasteiger partial charge in [0.05, 0.1) is 0 Å². The molecule has 0 rings (SSSR count). The Morgan fingerprint density at radius 1 is 0.273 bits per heavy atom. The van der Waals surface area contributed by atoms with Crippen molar-refractivity contribution >= 4 is 17.9 Å². The monoisotopic (exact) mass is 1070 g/mol. The van der Waals surface area contributed by atoms with Crippen LogP contribution in [0.1, 0.15) is 290 Å². The third-order valence-corrected chi connectivity index (χ3v) is 13.4. The number of hydrogen-bond acceptors (Lipinski definition) is 6. The lowest BCUT2D eigenvalue weighted by atomic mass is 10.1. The van der Waals surface area contributed by atoms with E-state index in [9.17, 15) is 14.4 Å². The highest BCUT2D eigenvalue weighted by Gasteiger charge is 2.19. The first-order valence-corrected chi connectivity index (χ1v) is 32.0. The fourth-order valence-electron chi connectivity index (χ4n) is 8.62. The molecule has 1 atom stereocenters. The molecule has 0 bridgehead atoms. The molecule has 0 amide bonds. The summed E-state index contributed by atoms with van der Waals surface area (Å²) in [6.45, 7) is 6.48. The Hall–Kier alpha value is -4.19. The van der Waals surface area contributed by atoms with Gasteiger partial charge in [-0.25, -0.2) is 0 Å². The van der Waals surface area contributed by atoms with Crippen molar-refractivity contribution in [3.63, 3.8) is 0 Å². The molecule has 6 nitrogen and oxygen atoms in total. The van der Waals surface area contributed by atoms with E-state index in [1.807, 2.05) is 0 Å². The summed E-state index contributed by atoms with van der Waals surface area (Å²) in [4.78, 5) is 38.3. The summed E-state index contributed by atoms with van der Waals surface area (Å²) in [5.41, 5.74) is 0. The van der Waals surface area contributed by atoms with Gasteiger partial charge in [-0.1, -0.05) is 258 Å². The molecule has 0 aromatic carbocycles. The first-order chi connectivity index (χ1) is 38.0. The molecule has 0 radical (unpaired) electrons. The molecule has 6 heteroatoms. The maximum atomic E-state index is 12.9. The molecule has 0 heterocycles. The molecule has 0 saturated heterocycles. The Morgan fingerprint density at radius 2 is 0.506 bits per heavy atom. The van der Waals surface area contributed by atoms with Gasteiger partial charge in [0.25, 0.3) is 0 Å². The zero-order chi connectivity index (χ0) is 55.7. The largest absolute Gasteiger partial charge is 0.462 e. The van der Waals surface area contributed by atoms with E-state index in [-0.39, 0.29) is 31.1 Å². The predicted octanol–water partition coefficient (Wildman–Crippen LogP) is 22.0. The summed E-state index contributed by atoms with van der Waals surface area (Å²) >= 11 is 0. The van der Waals surface area contributed by atoms with Crippen molar-refractivity contribution in [2.45, 2.75) is 297 Å². The van der Waals surface area contributed by atoms with Gasteiger partial charge in [-0.05, 0) is 135 Å². The molecule has 1 unspecified atom stereocenters. The van der Waals surface area contributed by atoms with Crippen LogP contribution in [0.3, 0.4) is 0 Å². The summed E-state index contributed by atoms with van der Waals surface area (Å²) in [5, 5.41) is 0. The molecule has 0 saturated carbocycles. The Labute approximate surface area is 475 Å². The second-order valence-corrected chi connectivity index (χ2v) is 20.9. The van der Waals surface area contributed by atoms with Crippen LogP contribution >= 0.6 is 0 Å². The van der Waals surface area contributed by atoms with E-state index in [1.54, 1.807) is 0 Å². The fraction of sp³-hybridized carbons (Fsp3) is 0.676. The minimum Gasteiger partial charge on any atom is -0.462 e. The number of allylic oxidation sites excluding steroid dienone is 20. The number of rotatable bonds is 57. The Kier molecular flexibility index (Phi) is 60.8. The van der Waals surface area contributed by atoms with E-state index >= 15 is 0 Å². The van der Waals surface area contributed by atoms with Crippen molar-refractivity contribution in [1.82, 2.24) is 0 Å². The van der Waals surface area contributed by atoms with Gasteiger partial charge < -0.3 is 14.2 Å². The molecular formula is C71H118O6. The highest BCUT2D eigenvalue weighted by molar-refractivity contribution is 5.71.